The molecule has 6 nitrogen and oxygen atoms in total. The van der Waals surface area contributed by atoms with Gasteiger partial charge in [-0.3, -0.25) is 0 Å². The number of hydrogen-bond acceptors (Lipinski definition) is 2. The van der Waals surface area contributed by atoms with E-state index in [0.29, 0.717) is 24.8 Å². The smallest absolute Gasteiger partial charge is 0.315 e. The molecule has 1 aliphatic rings. The Balaban J connectivity index is 2.41. The molecule has 0 spiro atoms. The van der Waals surface area contributed by atoms with Gasteiger partial charge in [-0.2, -0.15) is 0 Å². The van der Waals surface area contributed by atoms with Crippen molar-refractivity contribution in [2.75, 3.05) is 24.8 Å². The summed E-state index contributed by atoms with van der Waals surface area (Å²) in [6, 6.07) is -0.599. The molecule has 0 aliphatic heterocycles. The molecule has 116 valence electrons. The summed E-state index contributed by atoms with van der Waals surface area (Å²) in [6.07, 6.45) is 3.80. The van der Waals surface area contributed by atoms with Crippen molar-refractivity contribution in [3.8, 4) is 0 Å². The first kappa shape index (κ1) is 17.2. The third-order valence-electron chi connectivity index (χ3n) is 3.16. The largest absolute Gasteiger partial charge is 0.337 e. The van der Waals surface area contributed by atoms with Crippen LogP contribution in [0.4, 0.5) is 9.59 Å². The third kappa shape index (κ3) is 6.52. The molecule has 0 aromatic rings. The second-order valence-corrected chi connectivity index (χ2v) is 5.43. The van der Waals surface area contributed by atoms with Gasteiger partial charge in [0.05, 0.1) is 12.1 Å². The predicted molar refractivity (Wildman–Crippen MR) is 80.6 cm³/mol. The summed E-state index contributed by atoms with van der Waals surface area (Å²) in [6.45, 7) is 0.850. The van der Waals surface area contributed by atoms with Crippen LogP contribution in [0.25, 0.3) is 0 Å². The van der Waals surface area contributed by atoms with E-state index in [2.05, 4.69) is 21.3 Å². The molecule has 1 fully saturated rings. The van der Waals surface area contributed by atoms with E-state index < -0.39 is 0 Å². The summed E-state index contributed by atoms with van der Waals surface area (Å²) in [7, 11) is 0. The highest BCUT2D eigenvalue weighted by molar-refractivity contribution is 6.18. The van der Waals surface area contributed by atoms with E-state index in [0.717, 1.165) is 25.7 Å². The fourth-order valence-electron chi connectivity index (χ4n) is 2.24. The van der Waals surface area contributed by atoms with Crippen LogP contribution in [-0.4, -0.2) is 49.0 Å². The van der Waals surface area contributed by atoms with E-state index in [1.54, 1.807) is 0 Å². The molecule has 2 atom stereocenters. The lowest BCUT2D eigenvalue weighted by Gasteiger charge is -2.32. The zero-order chi connectivity index (χ0) is 14.8. The Labute approximate surface area is 129 Å². The minimum Gasteiger partial charge on any atom is -0.337 e. The zero-order valence-electron chi connectivity index (χ0n) is 11.4. The molecule has 20 heavy (non-hydrogen) atoms. The molecule has 0 radical (unpaired) electrons. The maximum Gasteiger partial charge on any atom is 0.315 e. The molecule has 4 N–H and O–H groups in total. The average molecular weight is 325 g/mol. The van der Waals surface area contributed by atoms with Gasteiger partial charge in [0, 0.05) is 24.8 Å². The van der Waals surface area contributed by atoms with Crippen LogP contribution in [-0.2, 0) is 0 Å². The highest BCUT2D eigenvalue weighted by Gasteiger charge is 2.27. The van der Waals surface area contributed by atoms with Gasteiger partial charge in [0.2, 0.25) is 0 Å². The van der Waals surface area contributed by atoms with Gasteiger partial charge in [0.15, 0.2) is 0 Å². The number of alkyl halides is 2. The molecule has 4 amide bonds. The minimum atomic E-state index is -0.245. The first-order chi connectivity index (χ1) is 9.67. The number of amides is 4. The Bertz CT molecular complexity index is 288. The van der Waals surface area contributed by atoms with E-state index in [1.165, 1.54) is 0 Å². The van der Waals surface area contributed by atoms with E-state index in [4.69, 9.17) is 23.2 Å². The molecule has 0 unspecified atom stereocenters. The number of nitrogens with one attached hydrogen (secondary N) is 4. The predicted octanol–water partition coefficient (Wildman–Crippen LogP) is 1.37. The normalized spacial score (nSPS) is 21.9. The van der Waals surface area contributed by atoms with Crippen LogP contribution >= 0.6 is 23.2 Å². The van der Waals surface area contributed by atoms with Crippen molar-refractivity contribution >= 4 is 35.3 Å². The first-order valence-electron chi connectivity index (χ1n) is 6.88. The molecule has 0 saturated heterocycles. The van der Waals surface area contributed by atoms with Crippen molar-refractivity contribution in [2.24, 2.45) is 0 Å². The van der Waals surface area contributed by atoms with Gasteiger partial charge in [0.25, 0.3) is 0 Å². The molecule has 0 bridgehead atoms. The molecule has 1 rings (SSSR count). The van der Waals surface area contributed by atoms with Gasteiger partial charge < -0.3 is 21.3 Å². The van der Waals surface area contributed by atoms with Gasteiger partial charge in [-0.25, -0.2) is 9.59 Å². The lowest BCUT2D eigenvalue weighted by molar-refractivity contribution is 0.214. The minimum absolute atomic E-state index is 0.0548. The Morgan fingerprint density at radius 2 is 1.25 bits per heavy atom. The fourth-order valence-corrected chi connectivity index (χ4v) is 2.43. The number of hydrogen-bond donors (Lipinski definition) is 4. The van der Waals surface area contributed by atoms with Gasteiger partial charge in [-0.15, -0.1) is 23.2 Å². The SMILES string of the molecule is O=C(NCCCl)N[C@H]1CCCC[C@@H]1NC(=O)NCCCl. The van der Waals surface area contributed by atoms with E-state index in [-0.39, 0.29) is 24.1 Å². The molecule has 0 heterocycles. The number of carbonyl (C=O) groups excluding carboxylic acids is 2. The van der Waals surface area contributed by atoms with Crippen LogP contribution < -0.4 is 21.3 Å². The molecule has 8 heteroatoms. The van der Waals surface area contributed by atoms with Crippen LogP contribution in [0.3, 0.4) is 0 Å². The Kier molecular flexibility index (Phi) is 8.53. The van der Waals surface area contributed by atoms with Crippen molar-refractivity contribution < 1.29 is 9.59 Å². The summed E-state index contributed by atoms with van der Waals surface area (Å²) in [4.78, 5) is 23.3. The summed E-state index contributed by atoms with van der Waals surface area (Å²) in [5.41, 5.74) is 0. The molecule has 1 aliphatic carbocycles. The lowest BCUT2D eigenvalue weighted by atomic mass is 9.90. The van der Waals surface area contributed by atoms with Gasteiger partial charge in [0.1, 0.15) is 0 Å². The second kappa shape index (κ2) is 9.94. The second-order valence-electron chi connectivity index (χ2n) is 4.68. The quantitative estimate of drug-likeness (QED) is 0.556. The lowest BCUT2D eigenvalue weighted by Crippen LogP contribution is -2.56. The Morgan fingerprint density at radius 1 is 0.850 bits per heavy atom. The van der Waals surface area contributed by atoms with Crippen LogP contribution in [0, 0.1) is 0 Å². The van der Waals surface area contributed by atoms with E-state index >= 15 is 0 Å². The number of carbonyl (C=O) groups is 2. The van der Waals surface area contributed by atoms with Gasteiger partial charge >= 0.3 is 12.1 Å². The van der Waals surface area contributed by atoms with Crippen molar-refractivity contribution in [3.63, 3.8) is 0 Å². The molecule has 1 saturated carbocycles. The van der Waals surface area contributed by atoms with Crippen molar-refractivity contribution in [1.82, 2.24) is 21.3 Å². The first-order valence-corrected chi connectivity index (χ1v) is 7.95. The monoisotopic (exact) mass is 324 g/mol. The van der Waals surface area contributed by atoms with Crippen LogP contribution in [0.1, 0.15) is 25.7 Å². The summed E-state index contributed by atoms with van der Waals surface area (Å²) < 4.78 is 0. The molecule has 0 aromatic carbocycles. The molecule has 0 aromatic heterocycles. The average Bonchev–Trinajstić information content (AvgIpc) is 2.45. The van der Waals surface area contributed by atoms with Crippen LogP contribution in [0.15, 0.2) is 0 Å². The third-order valence-corrected chi connectivity index (χ3v) is 3.54. The summed E-state index contributed by atoms with van der Waals surface area (Å²) in [5.74, 6) is 0.751. The van der Waals surface area contributed by atoms with Crippen molar-refractivity contribution in [1.29, 1.82) is 0 Å². The number of rotatable bonds is 6. The number of halogens is 2. The van der Waals surface area contributed by atoms with Gasteiger partial charge in [-0.05, 0) is 12.8 Å². The van der Waals surface area contributed by atoms with Gasteiger partial charge in [-0.1, -0.05) is 12.8 Å². The topological polar surface area (TPSA) is 82.3 Å². The fraction of sp³-hybridized carbons (Fsp3) is 0.833. The Hall–Kier alpha value is -0.880. The summed E-state index contributed by atoms with van der Waals surface area (Å²) in [5, 5.41) is 11.1. The molecular weight excluding hydrogens is 303 g/mol. The standard InChI is InChI=1S/C12H22Cl2N4O2/c13-5-7-15-11(19)17-9-3-1-2-4-10(9)18-12(20)16-8-6-14/h9-10H,1-8H2,(H2,15,17,19)(H2,16,18,20)/t9-,10-/m0/s1. The highest BCUT2D eigenvalue weighted by atomic mass is 35.5. The Morgan fingerprint density at radius 3 is 1.60 bits per heavy atom. The maximum absolute atomic E-state index is 11.6. The molecular formula is C12H22Cl2N4O2. The highest BCUT2D eigenvalue weighted by Crippen LogP contribution is 2.18. The van der Waals surface area contributed by atoms with E-state index in [9.17, 15) is 9.59 Å². The van der Waals surface area contributed by atoms with Crippen molar-refractivity contribution in [2.45, 2.75) is 37.8 Å². The summed E-state index contributed by atoms with van der Waals surface area (Å²) >= 11 is 11.0. The van der Waals surface area contributed by atoms with Crippen LogP contribution in [0.5, 0.6) is 0 Å². The van der Waals surface area contributed by atoms with Crippen molar-refractivity contribution in [3.05, 3.63) is 0 Å². The van der Waals surface area contributed by atoms with E-state index in [1.807, 2.05) is 0 Å². The maximum atomic E-state index is 11.6. The number of urea groups is 2. The zero-order valence-corrected chi connectivity index (χ0v) is 12.9. The van der Waals surface area contributed by atoms with Crippen LogP contribution in [0.2, 0.25) is 0 Å².